The van der Waals surface area contributed by atoms with E-state index in [1.807, 2.05) is 4.68 Å². The van der Waals surface area contributed by atoms with Gasteiger partial charge in [0.25, 0.3) is 0 Å². The SMILES string of the molecule is CCn1ncnc1CN1CC(C)(CC)NCC1C(C)(C)C. The summed E-state index contributed by atoms with van der Waals surface area (Å²) in [5.74, 6) is 1.08. The van der Waals surface area contributed by atoms with Crippen molar-refractivity contribution < 1.29 is 0 Å². The average Bonchev–Trinajstić information content (AvgIpc) is 2.84. The van der Waals surface area contributed by atoms with Gasteiger partial charge < -0.3 is 5.32 Å². The van der Waals surface area contributed by atoms with Gasteiger partial charge in [0.2, 0.25) is 0 Å². The molecular weight excluding hydrogens is 262 g/mol. The molecular formula is C16H31N5. The summed E-state index contributed by atoms with van der Waals surface area (Å²) >= 11 is 0. The molecule has 0 aliphatic carbocycles. The number of aromatic nitrogens is 3. The minimum Gasteiger partial charge on any atom is -0.309 e. The van der Waals surface area contributed by atoms with Crippen molar-refractivity contribution in [1.82, 2.24) is 25.0 Å². The van der Waals surface area contributed by atoms with Crippen LogP contribution in [0.2, 0.25) is 0 Å². The molecule has 5 nitrogen and oxygen atoms in total. The first-order chi connectivity index (χ1) is 9.79. The van der Waals surface area contributed by atoms with Crippen LogP contribution in [0.4, 0.5) is 0 Å². The summed E-state index contributed by atoms with van der Waals surface area (Å²) < 4.78 is 2.00. The maximum absolute atomic E-state index is 4.46. The fourth-order valence-electron chi connectivity index (χ4n) is 3.20. The van der Waals surface area contributed by atoms with Crippen molar-refractivity contribution in [3.8, 4) is 0 Å². The number of aryl methyl sites for hydroxylation is 1. The molecule has 1 aromatic rings. The van der Waals surface area contributed by atoms with Crippen LogP contribution in [0, 0.1) is 5.41 Å². The molecule has 0 amide bonds. The Labute approximate surface area is 129 Å². The van der Waals surface area contributed by atoms with Crippen LogP contribution in [0.15, 0.2) is 6.33 Å². The predicted octanol–water partition coefficient (Wildman–Crippen LogP) is 2.29. The van der Waals surface area contributed by atoms with E-state index in [-0.39, 0.29) is 11.0 Å². The number of hydrogen-bond acceptors (Lipinski definition) is 4. The van der Waals surface area contributed by atoms with E-state index in [0.717, 1.165) is 38.4 Å². The van der Waals surface area contributed by atoms with E-state index in [1.54, 1.807) is 6.33 Å². The lowest BCUT2D eigenvalue weighted by Crippen LogP contribution is -2.65. The molecule has 1 saturated heterocycles. The van der Waals surface area contributed by atoms with Crippen molar-refractivity contribution in [2.75, 3.05) is 13.1 Å². The highest BCUT2D eigenvalue weighted by molar-refractivity contribution is 5.00. The molecule has 0 saturated carbocycles. The molecule has 2 atom stereocenters. The van der Waals surface area contributed by atoms with Gasteiger partial charge in [-0.1, -0.05) is 27.7 Å². The second kappa shape index (κ2) is 6.05. The zero-order chi connectivity index (χ0) is 15.7. The predicted molar refractivity (Wildman–Crippen MR) is 86.0 cm³/mol. The number of nitrogens with one attached hydrogen (secondary N) is 1. The van der Waals surface area contributed by atoms with Crippen LogP contribution < -0.4 is 5.32 Å². The lowest BCUT2D eigenvalue weighted by atomic mass is 9.81. The summed E-state index contributed by atoms with van der Waals surface area (Å²) in [5.41, 5.74) is 0.442. The smallest absolute Gasteiger partial charge is 0.141 e. The molecule has 21 heavy (non-hydrogen) atoms. The number of nitrogens with zero attached hydrogens (tertiary/aromatic N) is 4. The molecule has 120 valence electrons. The number of piperazine rings is 1. The minimum absolute atomic E-state index is 0.193. The Balaban J connectivity index is 2.21. The molecule has 2 rings (SSSR count). The quantitative estimate of drug-likeness (QED) is 0.925. The summed E-state index contributed by atoms with van der Waals surface area (Å²) in [6.45, 7) is 17.5. The highest BCUT2D eigenvalue weighted by Crippen LogP contribution is 2.30. The number of hydrogen-bond donors (Lipinski definition) is 1. The van der Waals surface area contributed by atoms with Crippen molar-refractivity contribution >= 4 is 0 Å². The van der Waals surface area contributed by atoms with Gasteiger partial charge in [-0.25, -0.2) is 9.67 Å². The van der Waals surface area contributed by atoms with Crippen molar-refractivity contribution in [3.63, 3.8) is 0 Å². The Morgan fingerprint density at radius 2 is 2.10 bits per heavy atom. The minimum atomic E-state index is 0.193. The summed E-state index contributed by atoms with van der Waals surface area (Å²) in [6, 6.07) is 0.513. The maximum Gasteiger partial charge on any atom is 0.141 e. The molecule has 1 aliphatic heterocycles. The molecule has 1 aromatic heterocycles. The van der Waals surface area contributed by atoms with Gasteiger partial charge in [-0.15, -0.1) is 0 Å². The van der Waals surface area contributed by atoms with E-state index in [4.69, 9.17) is 0 Å². The van der Waals surface area contributed by atoms with Crippen LogP contribution in [-0.4, -0.2) is 44.3 Å². The average molecular weight is 293 g/mol. The monoisotopic (exact) mass is 293 g/mol. The van der Waals surface area contributed by atoms with E-state index in [9.17, 15) is 0 Å². The van der Waals surface area contributed by atoms with E-state index in [0.29, 0.717) is 6.04 Å². The van der Waals surface area contributed by atoms with Crippen LogP contribution >= 0.6 is 0 Å². The van der Waals surface area contributed by atoms with Gasteiger partial charge in [-0.2, -0.15) is 5.10 Å². The second-order valence-electron chi connectivity index (χ2n) is 7.57. The highest BCUT2D eigenvalue weighted by atomic mass is 15.4. The van der Waals surface area contributed by atoms with Gasteiger partial charge in [0, 0.05) is 31.2 Å². The van der Waals surface area contributed by atoms with Crippen LogP contribution in [0.25, 0.3) is 0 Å². The first kappa shape index (κ1) is 16.4. The second-order valence-corrected chi connectivity index (χ2v) is 7.57. The van der Waals surface area contributed by atoms with E-state index < -0.39 is 0 Å². The lowest BCUT2D eigenvalue weighted by Gasteiger charge is -2.50. The first-order valence-electron chi connectivity index (χ1n) is 8.15. The molecule has 0 aromatic carbocycles. The van der Waals surface area contributed by atoms with E-state index in [2.05, 4.69) is 61.8 Å². The maximum atomic E-state index is 4.46. The Morgan fingerprint density at radius 3 is 2.67 bits per heavy atom. The molecule has 2 unspecified atom stereocenters. The fraction of sp³-hybridized carbons (Fsp3) is 0.875. The molecule has 0 radical (unpaired) electrons. The largest absolute Gasteiger partial charge is 0.309 e. The normalized spacial score (nSPS) is 28.0. The van der Waals surface area contributed by atoms with Gasteiger partial charge in [0.15, 0.2) is 0 Å². The van der Waals surface area contributed by atoms with Gasteiger partial charge in [-0.05, 0) is 25.7 Å². The molecule has 0 spiro atoms. The highest BCUT2D eigenvalue weighted by Gasteiger charge is 2.40. The lowest BCUT2D eigenvalue weighted by molar-refractivity contribution is 0.0179. The molecule has 1 N–H and O–H groups in total. The third-order valence-corrected chi connectivity index (χ3v) is 4.83. The van der Waals surface area contributed by atoms with Crippen LogP contribution in [0.5, 0.6) is 0 Å². The summed E-state index contributed by atoms with van der Waals surface area (Å²) in [6.07, 6.45) is 2.81. The third-order valence-electron chi connectivity index (χ3n) is 4.83. The topological polar surface area (TPSA) is 46.0 Å². The van der Waals surface area contributed by atoms with Crippen molar-refractivity contribution in [2.45, 2.75) is 72.6 Å². The standard InChI is InChI=1S/C16H31N5/c1-7-16(6)11-20(13(9-18-16)15(3,4)5)10-14-17-12-19-21(14)8-2/h12-13,18H,7-11H2,1-6H3. The Morgan fingerprint density at radius 1 is 1.38 bits per heavy atom. The Hall–Kier alpha value is -0.940. The van der Waals surface area contributed by atoms with Gasteiger partial charge in [0.1, 0.15) is 12.2 Å². The summed E-state index contributed by atoms with van der Waals surface area (Å²) in [7, 11) is 0. The van der Waals surface area contributed by atoms with Crippen molar-refractivity contribution in [1.29, 1.82) is 0 Å². The van der Waals surface area contributed by atoms with E-state index in [1.165, 1.54) is 0 Å². The van der Waals surface area contributed by atoms with Crippen molar-refractivity contribution in [3.05, 3.63) is 12.2 Å². The molecule has 0 bridgehead atoms. The third kappa shape index (κ3) is 3.64. The zero-order valence-electron chi connectivity index (χ0n) is 14.5. The van der Waals surface area contributed by atoms with Gasteiger partial charge in [0.05, 0.1) is 6.54 Å². The van der Waals surface area contributed by atoms with Crippen LogP contribution in [0.3, 0.4) is 0 Å². The summed E-state index contributed by atoms with van der Waals surface area (Å²) in [4.78, 5) is 7.05. The van der Waals surface area contributed by atoms with E-state index >= 15 is 0 Å². The van der Waals surface area contributed by atoms with Gasteiger partial charge in [-0.3, -0.25) is 4.90 Å². The van der Waals surface area contributed by atoms with Crippen molar-refractivity contribution in [2.24, 2.45) is 5.41 Å². The summed E-state index contributed by atoms with van der Waals surface area (Å²) in [5, 5.41) is 8.06. The molecule has 1 aliphatic rings. The fourth-order valence-corrected chi connectivity index (χ4v) is 3.20. The molecule has 5 heteroatoms. The molecule has 1 fully saturated rings. The first-order valence-corrected chi connectivity index (χ1v) is 8.15. The number of rotatable bonds is 4. The Kier molecular flexibility index (Phi) is 4.73. The van der Waals surface area contributed by atoms with Gasteiger partial charge >= 0.3 is 0 Å². The Bertz CT molecular complexity index is 461. The molecule has 2 heterocycles. The van der Waals surface area contributed by atoms with Crippen LogP contribution in [-0.2, 0) is 13.1 Å². The zero-order valence-corrected chi connectivity index (χ0v) is 14.5. The van der Waals surface area contributed by atoms with Crippen LogP contribution in [0.1, 0.15) is 53.8 Å².